The van der Waals surface area contributed by atoms with Crippen LogP contribution in [-0.2, 0) is 11.3 Å². The highest BCUT2D eigenvalue weighted by molar-refractivity contribution is 6.30. The second-order valence-electron chi connectivity index (χ2n) is 7.48. The monoisotopic (exact) mass is 493 g/mol. The molecule has 0 saturated heterocycles. The van der Waals surface area contributed by atoms with E-state index in [1.807, 2.05) is 12.1 Å². The van der Waals surface area contributed by atoms with Crippen LogP contribution in [0.3, 0.4) is 0 Å². The van der Waals surface area contributed by atoms with E-state index in [1.54, 1.807) is 47.9 Å². The van der Waals surface area contributed by atoms with Crippen LogP contribution in [0.15, 0.2) is 83.9 Å². The fourth-order valence-corrected chi connectivity index (χ4v) is 3.38. The van der Waals surface area contributed by atoms with Crippen LogP contribution in [0, 0.1) is 5.82 Å². The normalized spacial score (nSPS) is 10.6. The lowest BCUT2D eigenvalue weighted by molar-refractivity contribution is 0.0524. The molecule has 0 spiro atoms. The minimum Gasteiger partial charge on any atom is -0.462 e. The highest BCUT2D eigenvalue weighted by Gasteiger charge is 2.15. The number of benzene rings is 2. The van der Waals surface area contributed by atoms with Crippen LogP contribution < -0.4 is 15.5 Å². The summed E-state index contributed by atoms with van der Waals surface area (Å²) in [6.07, 6.45) is 2.56. The molecule has 0 fully saturated rings. The number of carbonyl (C=O) groups excluding carboxylic acids is 1. The van der Waals surface area contributed by atoms with Crippen LogP contribution in [0.5, 0.6) is 11.6 Å². The summed E-state index contributed by atoms with van der Waals surface area (Å²) in [6.45, 7) is 2.22. The molecule has 0 bridgehead atoms. The van der Waals surface area contributed by atoms with Crippen molar-refractivity contribution in [1.82, 2.24) is 9.55 Å². The number of pyridine rings is 2. The third kappa shape index (κ3) is 6.24. The van der Waals surface area contributed by atoms with E-state index in [4.69, 9.17) is 21.1 Å². The smallest absolute Gasteiger partial charge is 0.343 e. The number of halogens is 2. The van der Waals surface area contributed by atoms with Crippen LogP contribution in [0.25, 0.3) is 0 Å². The molecule has 4 rings (SSSR count). The minimum atomic E-state index is -0.676. The molecule has 0 radical (unpaired) electrons. The number of hydrogen-bond donors (Lipinski definition) is 1. The topological polar surface area (TPSA) is 82.4 Å². The van der Waals surface area contributed by atoms with E-state index in [0.717, 1.165) is 11.8 Å². The average molecular weight is 494 g/mol. The summed E-state index contributed by atoms with van der Waals surface area (Å²) >= 11 is 5.99. The fourth-order valence-electron chi connectivity index (χ4n) is 3.26. The number of nitrogens with one attached hydrogen (secondary N) is 1. The first-order chi connectivity index (χ1) is 16.9. The molecule has 2 aromatic heterocycles. The zero-order valence-electron chi connectivity index (χ0n) is 18.7. The quantitative estimate of drug-likeness (QED) is 0.312. The molecule has 35 heavy (non-hydrogen) atoms. The van der Waals surface area contributed by atoms with Gasteiger partial charge in [0.1, 0.15) is 22.9 Å². The minimum absolute atomic E-state index is 0.0538. The van der Waals surface area contributed by atoms with Crippen molar-refractivity contribution >= 4 is 29.1 Å². The Hall–Kier alpha value is -4.17. The van der Waals surface area contributed by atoms with Gasteiger partial charge in [0.05, 0.1) is 12.8 Å². The predicted molar refractivity (Wildman–Crippen MR) is 131 cm³/mol. The molecular weight excluding hydrogens is 473 g/mol. The second-order valence-corrected chi connectivity index (χ2v) is 7.91. The van der Waals surface area contributed by atoms with Crippen molar-refractivity contribution in [1.29, 1.82) is 0 Å². The van der Waals surface area contributed by atoms with Gasteiger partial charge >= 0.3 is 5.97 Å². The van der Waals surface area contributed by atoms with Crippen LogP contribution in [0.1, 0.15) is 22.8 Å². The Morgan fingerprint density at radius 2 is 1.83 bits per heavy atom. The Morgan fingerprint density at radius 1 is 1.09 bits per heavy atom. The van der Waals surface area contributed by atoms with Gasteiger partial charge in [-0.2, -0.15) is 0 Å². The molecule has 0 aliphatic carbocycles. The second kappa shape index (κ2) is 10.8. The molecule has 0 aliphatic heterocycles. The molecule has 2 aromatic carbocycles. The van der Waals surface area contributed by atoms with E-state index >= 15 is 0 Å². The summed E-state index contributed by atoms with van der Waals surface area (Å²) < 4.78 is 25.4. The van der Waals surface area contributed by atoms with Crippen molar-refractivity contribution in [3.8, 4) is 11.6 Å². The number of hydrogen-bond acceptors (Lipinski definition) is 6. The number of esters is 1. The Morgan fingerprint density at radius 3 is 2.49 bits per heavy atom. The van der Waals surface area contributed by atoms with E-state index < -0.39 is 17.2 Å². The van der Waals surface area contributed by atoms with Crippen LogP contribution in [0.4, 0.5) is 15.9 Å². The largest absolute Gasteiger partial charge is 0.462 e. The number of anilines is 2. The van der Waals surface area contributed by atoms with Crippen molar-refractivity contribution in [3.05, 3.63) is 111 Å². The molecular formula is C26H21ClFN3O4. The highest BCUT2D eigenvalue weighted by Crippen LogP contribution is 2.24. The van der Waals surface area contributed by atoms with E-state index in [0.29, 0.717) is 28.8 Å². The zero-order chi connectivity index (χ0) is 24.8. The summed E-state index contributed by atoms with van der Waals surface area (Å²) in [5.41, 5.74) is 1.09. The molecule has 7 nitrogen and oxygen atoms in total. The number of aromatic nitrogens is 2. The maximum absolute atomic E-state index is 13.0. The van der Waals surface area contributed by atoms with Gasteiger partial charge in [-0.05, 0) is 55.0 Å². The van der Waals surface area contributed by atoms with Crippen LogP contribution in [0.2, 0.25) is 5.02 Å². The Balaban J connectivity index is 1.60. The molecule has 9 heteroatoms. The third-order valence-electron chi connectivity index (χ3n) is 4.94. The maximum Gasteiger partial charge on any atom is 0.343 e. The summed E-state index contributed by atoms with van der Waals surface area (Å²) in [7, 11) is 0. The van der Waals surface area contributed by atoms with Crippen molar-refractivity contribution in [2.45, 2.75) is 13.5 Å². The molecule has 1 N–H and O–H groups in total. The summed E-state index contributed by atoms with van der Waals surface area (Å²) in [5.74, 6) is 0.122. The van der Waals surface area contributed by atoms with E-state index in [9.17, 15) is 14.0 Å². The van der Waals surface area contributed by atoms with Gasteiger partial charge < -0.3 is 19.4 Å². The first-order valence-corrected chi connectivity index (χ1v) is 11.1. The first-order valence-electron chi connectivity index (χ1n) is 10.7. The lowest BCUT2D eigenvalue weighted by Crippen LogP contribution is -2.21. The van der Waals surface area contributed by atoms with Crippen molar-refractivity contribution < 1.29 is 18.7 Å². The highest BCUT2D eigenvalue weighted by atomic mass is 35.5. The molecule has 0 unspecified atom stereocenters. The molecule has 2 heterocycles. The average Bonchev–Trinajstić information content (AvgIpc) is 2.85. The van der Waals surface area contributed by atoms with Crippen molar-refractivity contribution in [2.75, 3.05) is 11.9 Å². The number of ether oxygens (including phenoxy) is 2. The Kier molecular flexibility index (Phi) is 7.42. The summed E-state index contributed by atoms with van der Waals surface area (Å²) in [5, 5.41) is 3.81. The van der Waals surface area contributed by atoms with Gasteiger partial charge in [0.25, 0.3) is 0 Å². The maximum atomic E-state index is 13.0. The summed E-state index contributed by atoms with van der Waals surface area (Å²) in [6, 6.07) is 18.3. The van der Waals surface area contributed by atoms with Crippen LogP contribution >= 0.6 is 11.6 Å². The van der Waals surface area contributed by atoms with Gasteiger partial charge in [0.2, 0.25) is 5.88 Å². The summed E-state index contributed by atoms with van der Waals surface area (Å²) in [4.78, 5) is 28.8. The molecule has 0 atom stereocenters. The van der Waals surface area contributed by atoms with E-state index in [-0.39, 0.29) is 18.1 Å². The van der Waals surface area contributed by atoms with Crippen LogP contribution in [-0.4, -0.2) is 22.1 Å². The standard InChI is InChI=1S/C26H21ClFN3O4/c1-2-34-26(33)22-16-31(15-17-3-5-18(27)6-4-17)24(13-23(22)32)30-20-8-10-21(11-9-20)35-25-12-7-19(28)14-29-25/h3-14,16,30H,2,15H2,1H3. The zero-order valence-corrected chi connectivity index (χ0v) is 19.5. The van der Waals surface area contributed by atoms with Crippen molar-refractivity contribution in [2.24, 2.45) is 0 Å². The Labute approximate surface area is 205 Å². The number of carbonyl (C=O) groups is 1. The number of rotatable bonds is 8. The number of nitrogens with zero attached hydrogens (tertiary/aromatic N) is 2. The molecule has 4 aromatic rings. The fraction of sp³-hybridized carbons (Fsp3) is 0.115. The molecule has 0 saturated carbocycles. The first kappa shape index (κ1) is 24.0. The van der Waals surface area contributed by atoms with E-state index in [1.165, 1.54) is 24.4 Å². The van der Waals surface area contributed by atoms with E-state index in [2.05, 4.69) is 10.3 Å². The lowest BCUT2D eigenvalue weighted by atomic mass is 10.2. The van der Waals surface area contributed by atoms with Gasteiger partial charge in [0, 0.05) is 35.6 Å². The van der Waals surface area contributed by atoms with Gasteiger partial charge in [-0.25, -0.2) is 14.2 Å². The molecule has 0 amide bonds. The van der Waals surface area contributed by atoms with Gasteiger partial charge in [-0.15, -0.1) is 0 Å². The van der Waals surface area contributed by atoms with Gasteiger partial charge in [-0.1, -0.05) is 23.7 Å². The Bertz CT molecular complexity index is 1370. The van der Waals surface area contributed by atoms with Gasteiger partial charge in [-0.3, -0.25) is 4.79 Å². The lowest BCUT2D eigenvalue weighted by Gasteiger charge is -2.17. The molecule has 178 valence electrons. The SMILES string of the molecule is CCOC(=O)c1cn(Cc2ccc(Cl)cc2)c(Nc2ccc(Oc3ccc(F)cn3)cc2)cc1=O. The van der Waals surface area contributed by atoms with Gasteiger partial charge in [0.15, 0.2) is 5.43 Å². The third-order valence-corrected chi connectivity index (χ3v) is 5.19. The molecule has 0 aliphatic rings. The van der Waals surface area contributed by atoms with Crippen molar-refractivity contribution in [3.63, 3.8) is 0 Å². The predicted octanol–water partition coefficient (Wildman–Crippen LogP) is 5.80.